The van der Waals surface area contributed by atoms with Crippen LogP contribution in [0.25, 0.3) is 0 Å². The van der Waals surface area contributed by atoms with Gasteiger partial charge in [0, 0.05) is 24.7 Å². The lowest BCUT2D eigenvalue weighted by Crippen LogP contribution is -2.41. The number of carbonyl (C=O) groups is 1. The van der Waals surface area contributed by atoms with Gasteiger partial charge in [0.05, 0.1) is 6.04 Å². The largest absolute Gasteiger partial charge is 0.371 e. The molecule has 0 saturated carbocycles. The average Bonchev–Trinajstić information content (AvgIpc) is 2.68. The molecule has 1 atom stereocenters. The molecule has 1 aliphatic heterocycles. The molecule has 1 saturated heterocycles. The fourth-order valence-corrected chi connectivity index (χ4v) is 3.88. The number of rotatable bonds is 6. The zero-order valence-electron chi connectivity index (χ0n) is 16.8. The highest BCUT2D eigenvalue weighted by molar-refractivity contribution is 5.79. The van der Waals surface area contributed by atoms with Crippen LogP contribution in [0.3, 0.4) is 0 Å². The van der Waals surface area contributed by atoms with Crippen molar-refractivity contribution < 1.29 is 4.79 Å². The first-order valence-corrected chi connectivity index (χ1v) is 10.2. The highest BCUT2D eigenvalue weighted by Crippen LogP contribution is 2.26. The molecule has 1 aliphatic rings. The van der Waals surface area contributed by atoms with Gasteiger partial charge >= 0.3 is 0 Å². The number of hydrogen-bond acceptors (Lipinski definition) is 2. The molecule has 1 amide bonds. The van der Waals surface area contributed by atoms with Gasteiger partial charge < -0.3 is 10.2 Å². The van der Waals surface area contributed by atoms with Gasteiger partial charge in [-0.1, -0.05) is 61.9 Å². The highest BCUT2D eigenvalue weighted by Gasteiger charge is 2.27. The summed E-state index contributed by atoms with van der Waals surface area (Å²) in [5.41, 5.74) is 3.75. The van der Waals surface area contributed by atoms with E-state index in [9.17, 15) is 4.79 Å². The van der Waals surface area contributed by atoms with Crippen LogP contribution in [0.2, 0.25) is 0 Å². The Labute approximate surface area is 163 Å². The Balaban J connectivity index is 1.58. The molecule has 1 fully saturated rings. The summed E-state index contributed by atoms with van der Waals surface area (Å²) in [7, 11) is 0. The molecule has 2 aromatic carbocycles. The topological polar surface area (TPSA) is 32.3 Å². The molecule has 0 aliphatic carbocycles. The number of aryl methyl sites for hydroxylation is 1. The van der Waals surface area contributed by atoms with E-state index in [1.54, 1.807) is 0 Å². The van der Waals surface area contributed by atoms with Gasteiger partial charge in [0.15, 0.2) is 0 Å². The third-order valence-electron chi connectivity index (χ3n) is 5.49. The number of piperidine rings is 1. The number of amides is 1. The van der Waals surface area contributed by atoms with Crippen LogP contribution < -0.4 is 10.2 Å². The van der Waals surface area contributed by atoms with Crippen molar-refractivity contribution in [2.24, 2.45) is 11.8 Å². The van der Waals surface area contributed by atoms with Crippen LogP contribution in [0.4, 0.5) is 5.69 Å². The second-order valence-corrected chi connectivity index (χ2v) is 8.20. The van der Waals surface area contributed by atoms with E-state index in [0.717, 1.165) is 32.4 Å². The smallest absolute Gasteiger partial charge is 0.223 e. The Morgan fingerprint density at radius 1 is 1.04 bits per heavy atom. The number of hydrogen-bond donors (Lipinski definition) is 1. The first-order chi connectivity index (χ1) is 13.0. The Morgan fingerprint density at radius 3 is 2.26 bits per heavy atom. The van der Waals surface area contributed by atoms with Crippen molar-refractivity contribution in [1.29, 1.82) is 0 Å². The van der Waals surface area contributed by atoms with Gasteiger partial charge in [-0.2, -0.15) is 0 Å². The lowest BCUT2D eigenvalue weighted by atomic mass is 9.92. The zero-order valence-corrected chi connectivity index (χ0v) is 16.8. The van der Waals surface area contributed by atoms with Gasteiger partial charge in [0.2, 0.25) is 5.91 Å². The van der Waals surface area contributed by atoms with Gasteiger partial charge in [-0.05, 0) is 49.8 Å². The molecule has 1 unspecified atom stereocenters. The fourth-order valence-electron chi connectivity index (χ4n) is 3.88. The summed E-state index contributed by atoms with van der Waals surface area (Å²) in [6.07, 6.45) is 2.81. The van der Waals surface area contributed by atoms with Crippen molar-refractivity contribution in [2.75, 3.05) is 18.0 Å². The summed E-state index contributed by atoms with van der Waals surface area (Å²) in [6, 6.07) is 19.2. The summed E-state index contributed by atoms with van der Waals surface area (Å²) in [5.74, 6) is 0.872. The van der Waals surface area contributed by atoms with Crippen molar-refractivity contribution in [3.8, 4) is 0 Å². The van der Waals surface area contributed by atoms with Crippen molar-refractivity contribution in [3.63, 3.8) is 0 Å². The van der Waals surface area contributed by atoms with E-state index in [1.165, 1.54) is 16.8 Å². The maximum Gasteiger partial charge on any atom is 0.223 e. The van der Waals surface area contributed by atoms with E-state index in [2.05, 4.69) is 79.5 Å². The lowest BCUT2D eigenvalue weighted by molar-refractivity contribution is -0.126. The summed E-state index contributed by atoms with van der Waals surface area (Å²) in [4.78, 5) is 15.3. The summed E-state index contributed by atoms with van der Waals surface area (Å²) >= 11 is 0. The average molecular weight is 365 g/mol. The van der Waals surface area contributed by atoms with E-state index in [0.29, 0.717) is 5.92 Å². The van der Waals surface area contributed by atoms with Crippen LogP contribution in [-0.2, 0) is 4.79 Å². The first-order valence-electron chi connectivity index (χ1n) is 10.2. The molecule has 144 valence electrons. The molecule has 1 N–H and O–H groups in total. The van der Waals surface area contributed by atoms with E-state index in [1.807, 2.05) is 6.07 Å². The summed E-state index contributed by atoms with van der Waals surface area (Å²) in [6.45, 7) is 8.42. The SMILES string of the molecule is Cc1ccc(N2CCC(C(=O)NC(CC(C)C)c3ccccc3)CC2)cc1. The van der Waals surface area contributed by atoms with Crippen LogP contribution in [0.15, 0.2) is 54.6 Å². The normalized spacial score (nSPS) is 16.4. The standard InChI is InChI=1S/C24H32N2O/c1-18(2)17-23(20-7-5-4-6-8-20)25-24(27)21-13-15-26(16-14-21)22-11-9-19(3)10-12-22/h4-12,18,21,23H,13-17H2,1-3H3,(H,25,27). The van der Waals surface area contributed by atoms with Crippen LogP contribution in [0, 0.1) is 18.8 Å². The second-order valence-electron chi connectivity index (χ2n) is 8.20. The molecule has 1 heterocycles. The number of nitrogens with one attached hydrogen (secondary N) is 1. The molecule has 2 aromatic rings. The predicted octanol–water partition coefficient (Wildman–Crippen LogP) is 5.12. The van der Waals surface area contributed by atoms with E-state index < -0.39 is 0 Å². The van der Waals surface area contributed by atoms with E-state index >= 15 is 0 Å². The quantitative estimate of drug-likeness (QED) is 0.772. The van der Waals surface area contributed by atoms with Crippen molar-refractivity contribution in [1.82, 2.24) is 5.32 Å². The van der Waals surface area contributed by atoms with Crippen molar-refractivity contribution in [2.45, 2.75) is 46.1 Å². The molecule has 0 radical (unpaired) electrons. The highest BCUT2D eigenvalue weighted by atomic mass is 16.1. The van der Waals surface area contributed by atoms with Gasteiger partial charge in [0.1, 0.15) is 0 Å². The minimum absolute atomic E-state index is 0.105. The molecule has 0 aromatic heterocycles. The molecule has 27 heavy (non-hydrogen) atoms. The summed E-state index contributed by atoms with van der Waals surface area (Å²) in [5, 5.41) is 3.34. The minimum atomic E-state index is 0.105. The molecule has 3 rings (SSSR count). The Kier molecular flexibility index (Phi) is 6.54. The molecule has 0 spiro atoms. The van der Waals surface area contributed by atoms with Gasteiger partial charge in [-0.3, -0.25) is 4.79 Å². The Morgan fingerprint density at radius 2 is 1.67 bits per heavy atom. The third kappa shape index (κ3) is 5.35. The predicted molar refractivity (Wildman–Crippen MR) is 113 cm³/mol. The first kappa shape index (κ1) is 19.5. The summed E-state index contributed by atoms with van der Waals surface area (Å²) < 4.78 is 0. The van der Waals surface area contributed by atoms with Gasteiger partial charge in [-0.25, -0.2) is 0 Å². The van der Waals surface area contributed by atoms with Gasteiger partial charge in [-0.15, -0.1) is 0 Å². The molecule has 3 heteroatoms. The molecular weight excluding hydrogens is 332 g/mol. The second kappa shape index (κ2) is 9.07. The lowest BCUT2D eigenvalue weighted by Gasteiger charge is -2.34. The number of anilines is 1. The van der Waals surface area contributed by atoms with Crippen LogP contribution in [0.5, 0.6) is 0 Å². The minimum Gasteiger partial charge on any atom is -0.371 e. The van der Waals surface area contributed by atoms with Crippen LogP contribution in [-0.4, -0.2) is 19.0 Å². The zero-order chi connectivity index (χ0) is 19.2. The maximum absolute atomic E-state index is 12.9. The maximum atomic E-state index is 12.9. The van der Waals surface area contributed by atoms with Crippen LogP contribution in [0.1, 0.15) is 50.3 Å². The Bertz CT molecular complexity index is 716. The van der Waals surface area contributed by atoms with E-state index in [4.69, 9.17) is 0 Å². The van der Waals surface area contributed by atoms with Crippen molar-refractivity contribution in [3.05, 3.63) is 65.7 Å². The number of nitrogens with zero attached hydrogens (tertiary/aromatic N) is 1. The molecule has 3 nitrogen and oxygen atoms in total. The molecular formula is C24H32N2O. The monoisotopic (exact) mass is 364 g/mol. The van der Waals surface area contributed by atoms with Crippen LogP contribution >= 0.6 is 0 Å². The fraction of sp³-hybridized carbons (Fsp3) is 0.458. The number of benzene rings is 2. The third-order valence-corrected chi connectivity index (χ3v) is 5.49. The van der Waals surface area contributed by atoms with E-state index in [-0.39, 0.29) is 17.9 Å². The number of carbonyl (C=O) groups excluding carboxylic acids is 1. The van der Waals surface area contributed by atoms with Gasteiger partial charge in [0.25, 0.3) is 0 Å². The van der Waals surface area contributed by atoms with Crippen molar-refractivity contribution >= 4 is 11.6 Å². The molecule has 0 bridgehead atoms. The Hall–Kier alpha value is -2.29.